The van der Waals surface area contributed by atoms with E-state index < -0.39 is 0 Å². The van der Waals surface area contributed by atoms with E-state index in [4.69, 9.17) is 18.6 Å². The Balaban J connectivity index is 1.52. The van der Waals surface area contributed by atoms with Gasteiger partial charge in [-0.25, -0.2) is 0 Å². The summed E-state index contributed by atoms with van der Waals surface area (Å²) in [5.41, 5.74) is 4.38. The van der Waals surface area contributed by atoms with Crippen LogP contribution in [0.5, 0.6) is 17.2 Å². The molecule has 0 saturated heterocycles. The van der Waals surface area contributed by atoms with E-state index in [0.29, 0.717) is 29.4 Å². The lowest BCUT2D eigenvalue weighted by molar-refractivity contribution is 0.0926. The number of para-hydroxylation sites is 2. The minimum atomic E-state index is -0.283. The maximum atomic E-state index is 13.3. The van der Waals surface area contributed by atoms with E-state index in [-0.39, 0.29) is 17.6 Å². The second-order valence-corrected chi connectivity index (χ2v) is 8.55. The van der Waals surface area contributed by atoms with Gasteiger partial charge in [0.15, 0.2) is 17.3 Å². The van der Waals surface area contributed by atoms with Crippen LogP contribution in [0.25, 0.3) is 21.9 Å². The monoisotopic (exact) mass is 484 g/mol. The Kier molecular flexibility index (Phi) is 6.29. The number of ether oxygens (including phenoxy) is 3. The van der Waals surface area contributed by atoms with Gasteiger partial charge in [0, 0.05) is 46.1 Å². The highest BCUT2D eigenvalue weighted by Gasteiger charge is 2.26. The lowest BCUT2D eigenvalue weighted by atomic mass is 9.89. The van der Waals surface area contributed by atoms with Crippen molar-refractivity contribution in [2.75, 3.05) is 27.9 Å². The fourth-order valence-corrected chi connectivity index (χ4v) is 4.77. The Bertz CT molecular complexity index is 1550. The van der Waals surface area contributed by atoms with E-state index in [1.54, 1.807) is 21.3 Å². The van der Waals surface area contributed by atoms with Crippen molar-refractivity contribution in [3.05, 3.63) is 89.3 Å². The highest BCUT2D eigenvalue weighted by molar-refractivity contribution is 5.99. The molecule has 0 fully saturated rings. The van der Waals surface area contributed by atoms with Crippen LogP contribution in [0.4, 0.5) is 0 Å². The number of H-pyrrole nitrogens is 1. The van der Waals surface area contributed by atoms with Crippen LogP contribution in [0, 0.1) is 6.92 Å². The van der Waals surface area contributed by atoms with E-state index in [0.717, 1.165) is 33.0 Å². The van der Waals surface area contributed by atoms with Crippen LogP contribution in [0.3, 0.4) is 0 Å². The number of amides is 1. The Morgan fingerprint density at radius 3 is 2.56 bits per heavy atom. The molecule has 2 N–H and O–H groups in total. The van der Waals surface area contributed by atoms with Gasteiger partial charge in [0.25, 0.3) is 5.91 Å². The number of benzene rings is 3. The van der Waals surface area contributed by atoms with Gasteiger partial charge in [-0.1, -0.05) is 30.3 Å². The van der Waals surface area contributed by atoms with Crippen molar-refractivity contribution in [3.63, 3.8) is 0 Å². The highest BCUT2D eigenvalue weighted by atomic mass is 16.5. The molecule has 7 nitrogen and oxygen atoms in total. The number of carbonyl (C=O) groups excluding carboxylic acids is 1. The summed E-state index contributed by atoms with van der Waals surface area (Å²) in [6.07, 6.45) is 1.99. The number of fused-ring (bicyclic) bond motifs is 2. The lowest BCUT2D eigenvalue weighted by Gasteiger charge is -2.21. The number of hydrogen-bond acceptors (Lipinski definition) is 5. The Morgan fingerprint density at radius 2 is 1.78 bits per heavy atom. The fourth-order valence-electron chi connectivity index (χ4n) is 4.77. The number of aromatic amines is 1. The average molecular weight is 485 g/mol. The van der Waals surface area contributed by atoms with E-state index >= 15 is 0 Å². The summed E-state index contributed by atoms with van der Waals surface area (Å²) < 4.78 is 22.5. The van der Waals surface area contributed by atoms with E-state index in [1.165, 1.54) is 0 Å². The molecule has 5 rings (SSSR count). The standard InChI is InChI=1S/C29H28N2O5/c1-17-21-14-18(33-2)12-13-25(21)36-27(17)29(32)31-16-23(20-9-7-11-26(34-3)28(20)35-4)22-15-30-24-10-6-5-8-19(22)24/h5-15,23,30H,16H2,1-4H3,(H,31,32). The molecule has 1 atom stereocenters. The number of aryl methyl sites for hydroxylation is 1. The zero-order chi connectivity index (χ0) is 25.2. The number of methoxy groups -OCH3 is 3. The zero-order valence-electron chi connectivity index (χ0n) is 20.7. The molecular formula is C29H28N2O5. The van der Waals surface area contributed by atoms with Crippen molar-refractivity contribution < 1.29 is 23.4 Å². The first-order valence-corrected chi connectivity index (χ1v) is 11.7. The molecule has 0 radical (unpaired) electrons. The van der Waals surface area contributed by atoms with Crippen molar-refractivity contribution in [2.45, 2.75) is 12.8 Å². The van der Waals surface area contributed by atoms with Gasteiger partial charge in [-0.3, -0.25) is 4.79 Å². The molecule has 0 aliphatic heterocycles. The molecule has 0 spiro atoms. The summed E-state index contributed by atoms with van der Waals surface area (Å²) in [4.78, 5) is 16.7. The maximum absolute atomic E-state index is 13.3. The largest absolute Gasteiger partial charge is 0.497 e. The summed E-state index contributed by atoms with van der Waals surface area (Å²) in [5, 5.41) is 5.02. The van der Waals surface area contributed by atoms with Crippen molar-refractivity contribution in [3.8, 4) is 17.2 Å². The van der Waals surface area contributed by atoms with Crippen LogP contribution in [0.1, 0.15) is 33.2 Å². The van der Waals surface area contributed by atoms with Gasteiger partial charge in [0.05, 0.1) is 21.3 Å². The third-order valence-electron chi connectivity index (χ3n) is 6.62. The number of hydrogen-bond donors (Lipinski definition) is 2. The highest BCUT2D eigenvalue weighted by Crippen LogP contribution is 2.40. The summed E-state index contributed by atoms with van der Waals surface area (Å²) in [5.74, 6) is 1.77. The van der Waals surface area contributed by atoms with Gasteiger partial charge in [-0.2, -0.15) is 0 Å². The molecule has 1 amide bonds. The molecule has 184 valence electrons. The number of carbonyl (C=O) groups is 1. The van der Waals surface area contributed by atoms with Crippen LogP contribution >= 0.6 is 0 Å². The molecule has 2 aromatic heterocycles. The number of furan rings is 1. The van der Waals surface area contributed by atoms with E-state index in [1.807, 2.05) is 67.7 Å². The molecule has 5 aromatic rings. The van der Waals surface area contributed by atoms with Crippen molar-refractivity contribution in [1.82, 2.24) is 10.3 Å². The third kappa shape index (κ3) is 4.02. The molecule has 2 heterocycles. The lowest BCUT2D eigenvalue weighted by Crippen LogP contribution is -2.29. The Hall–Kier alpha value is -4.39. The summed E-state index contributed by atoms with van der Waals surface area (Å²) in [6.45, 7) is 2.20. The number of nitrogens with one attached hydrogen (secondary N) is 2. The van der Waals surface area contributed by atoms with Gasteiger partial charge in [-0.05, 0) is 42.8 Å². The smallest absolute Gasteiger partial charge is 0.287 e. The van der Waals surface area contributed by atoms with Crippen molar-refractivity contribution in [2.24, 2.45) is 0 Å². The van der Waals surface area contributed by atoms with Gasteiger partial charge < -0.3 is 28.9 Å². The first kappa shape index (κ1) is 23.4. The third-order valence-corrected chi connectivity index (χ3v) is 6.62. The predicted molar refractivity (Wildman–Crippen MR) is 140 cm³/mol. The maximum Gasteiger partial charge on any atom is 0.287 e. The van der Waals surface area contributed by atoms with Crippen LogP contribution < -0.4 is 19.5 Å². The minimum absolute atomic E-state index is 0.208. The Morgan fingerprint density at radius 1 is 0.944 bits per heavy atom. The molecule has 7 heteroatoms. The molecule has 0 aliphatic carbocycles. The van der Waals surface area contributed by atoms with Crippen LogP contribution in [-0.4, -0.2) is 38.8 Å². The molecule has 0 bridgehead atoms. The molecule has 3 aromatic carbocycles. The Labute approximate surface area is 209 Å². The first-order chi connectivity index (χ1) is 17.5. The minimum Gasteiger partial charge on any atom is -0.497 e. The van der Waals surface area contributed by atoms with E-state index in [2.05, 4.69) is 16.4 Å². The second kappa shape index (κ2) is 9.70. The first-order valence-electron chi connectivity index (χ1n) is 11.7. The summed E-state index contributed by atoms with van der Waals surface area (Å²) in [7, 11) is 4.85. The predicted octanol–water partition coefficient (Wildman–Crippen LogP) is 5.81. The van der Waals surface area contributed by atoms with Crippen molar-refractivity contribution in [1.29, 1.82) is 0 Å². The number of aromatic nitrogens is 1. The topological polar surface area (TPSA) is 85.7 Å². The van der Waals surface area contributed by atoms with Crippen molar-refractivity contribution >= 4 is 27.8 Å². The molecular weight excluding hydrogens is 456 g/mol. The van der Waals surface area contributed by atoms with Gasteiger partial charge in [0.2, 0.25) is 0 Å². The van der Waals surface area contributed by atoms with Crippen LogP contribution in [-0.2, 0) is 0 Å². The normalized spacial score (nSPS) is 12.0. The van der Waals surface area contributed by atoms with Gasteiger partial charge in [-0.15, -0.1) is 0 Å². The van der Waals surface area contributed by atoms with Gasteiger partial charge >= 0.3 is 0 Å². The average Bonchev–Trinajstić information content (AvgIpc) is 3.49. The summed E-state index contributed by atoms with van der Waals surface area (Å²) in [6, 6.07) is 19.4. The molecule has 0 aliphatic rings. The summed E-state index contributed by atoms with van der Waals surface area (Å²) >= 11 is 0. The SMILES string of the molecule is COc1ccc2oc(C(=O)NCC(c3cccc(OC)c3OC)c3c[nH]c4ccccc34)c(C)c2c1. The molecule has 1 unspecified atom stereocenters. The van der Waals surface area contributed by atoms with Gasteiger partial charge in [0.1, 0.15) is 11.3 Å². The quantitative estimate of drug-likeness (QED) is 0.290. The number of rotatable bonds is 8. The molecule has 36 heavy (non-hydrogen) atoms. The van der Waals surface area contributed by atoms with Crippen LogP contribution in [0.15, 0.2) is 71.3 Å². The molecule has 0 saturated carbocycles. The fraction of sp³-hybridized carbons (Fsp3) is 0.207. The van der Waals surface area contributed by atoms with Crippen LogP contribution in [0.2, 0.25) is 0 Å². The second-order valence-electron chi connectivity index (χ2n) is 8.55. The zero-order valence-corrected chi connectivity index (χ0v) is 20.7. The van der Waals surface area contributed by atoms with E-state index in [9.17, 15) is 4.79 Å².